The minimum atomic E-state index is -0.367. The summed E-state index contributed by atoms with van der Waals surface area (Å²) in [7, 11) is 0. The van der Waals surface area contributed by atoms with Gasteiger partial charge in [0.15, 0.2) is 0 Å². The first kappa shape index (κ1) is 13.9. The minimum absolute atomic E-state index is 0.367. The second-order valence-electron chi connectivity index (χ2n) is 5.78. The van der Waals surface area contributed by atoms with Crippen LogP contribution in [0, 0.1) is 5.41 Å². The number of likely N-dealkylation sites (tertiary alicyclic amines) is 1. The van der Waals surface area contributed by atoms with Gasteiger partial charge in [0, 0.05) is 19.1 Å². The van der Waals surface area contributed by atoms with Crippen molar-refractivity contribution in [2.24, 2.45) is 11.1 Å². The van der Waals surface area contributed by atoms with E-state index in [-0.39, 0.29) is 6.10 Å². The Balaban J connectivity index is 2.64. The van der Waals surface area contributed by atoms with E-state index in [1.165, 1.54) is 25.7 Å². The first-order valence-electron chi connectivity index (χ1n) is 6.63. The van der Waals surface area contributed by atoms with E-state index < -0.39 is 0 Å². The molecule has 0 amide bonds. The topological polar surface area (TPSA) is 49.5 Å². The van der Waals surface area contributed by atoms with Crippen molar-refractivity contribution in [2.45, 2.75) is 58.6 Å². The molecule has 2 atom stereocenters. The number of piperidine rings is 1. The van der Waals surface area contributed by atoms with Gasteiger partial charge in [-0.1, -0.05) is 27.2 Å². The van der Waals surface area contributed by atoms with Crippen LogP contribution in [0.25, 0.3) is 0 Å². The van der Waals surface area contributed by atoms with Crippen LogP contribution in [0.4, 0.5) is 0 Å². The molecule has 1 fully saturated rings. The maximum absolute atomic E-state index is 9.70. The Hall–Kier alpha value is -0.120. The third kappa shape index (κ3) is 3.44. The fourth-order valence-corrected chi connectivity index (χ4v) is 2.96. The van der Waals surface area contributed by atoms with Gasteiger partial charge in [-0.3, -0.25) is 4.90 Å². The highest BCUT2D eigenvalue weighted by Gasteiger charge is 2.36. The lowest BCUT2D eigenvalue weighted by Gasteiger charge is -2.47. The Morgan fingerprint density at radius 2 is 2.19 bits per heavy atom. The van der Waals surface area contributed by atoms with Gasteiger partial charge >= 0.3 is 0 Å². The molecule has 0 aromatic carbocycles. The predicted octanol–water partition coefficient (Wildman–Crippen LogP) is 1.60. The molecule has 1 heterocycles. The van der Waals surface area contributed by atoms with E-state index in [1.807, 2.05) is 0 Å². The van der Waals surface area contributed by atoms with Crippen LogP contribution in [0.2, 0.25) is 0 Å². The van der Waals surface area contributed by atoms with E-state index in [0.29, 0.717) is 18.0 Å². The van der Waals surface area contributed by atoms with Gasteiger partial charge in [-0.15, -0.1) is 0 Å². The van der Waals surface area contributed by atoms with Gasteiger partial charge in [0.1, 0.15) is 0 Å². The van der Waals surface area contributed by atoms with Crippen molar-refractivity contribution in [3.63, 3.8) is 0 Å². The molecule has 0 radical (unpaired) electrons. The largest absolute Gasteiger partial charge is 0.390 e. The quantitative estimate of drug-likeness (QED) is 0.751. The smallest absolute Gasteiger partial charge is 0.0789 e. The summed E-state index contributed by atoms with van der Waals surface area (Å²) in [6, 6.07) is 0.604. The average Bonchev–Trinajstić information content (AvgIpc) is 2.22. The molecule has 3 heteroatoms. The van der Waals surface area contributed by atoms with Crippen molar-refractivity contribution in [2.75, 3.05) is 19.6 Å². The standard InChI is InChI=1S/C13H28N2O/c1-4-6-12-13(2,3)7-5-8-15(12)10-11(16)9-14/h11-12,16H,4-10,14H2,1-3H3/t11-,12?/m0/s1. The molecule has 0 aromatic heterocycles. The van der Waals surface area contributed by atoms with Crippen molar-refractivity contribution >= 4 is 0 Å². The molecule has 1 rings (SSSR count). The van der Waals surface area contributed by atoms with Gasteiger partial charge < -0.3 is 10.8 Å². The SMILES string of the molecule is CCCC1N(C[C@@H](O)CN)CCCC1(C)C. The van der Waals surface area contributed by atoms with Crippen LogP contribution in [-0.2, 0) is 0 Å². The molecule has 3 nitrogen and oxygen atoms in total. The van der Waals surface area contributed by atoms with E-state index in [2.05, 4.69) is 25.7 Å². The number of hydrogen-bond donors (Lipinski definition) is 2. The molecule has 0 aromatic rings. The van der Waals surface area contributed by atoms with Crippen molar-refractivity contribution in [3.8, 4) is 0 Å². The van der Waals surface area contributed by atoms with Gasteiger partial charge in [0.2, 0.25) is 0 Å². The van der Waals surface area contributed by atoms with Crippen molar-refractivity contribution in [3.05, 3.63) is 0 Å². The van der Waals surface area contributed by atoms with Crippen LogP contribution in [0.3, 0.4) is 0 Å². The summed E-state index contributed by atoms with van der Waals surface area (Å²) < 4.78 is 0. The Kier molecular flexibility index (Phi) is 5.22. The summed E-state index contributed by atoms with van der Waals surface area (Å²) in [5.41, 5.74) is 5.88. The molecule has 1 unspecified atom stereocenters. The molecule has 1 aliphatic rings. The molecule has 3 N–H and O–H groups in total. The number of rotatable bonds is 5. The zero-order chi connectivity index (χ0) is 12.2. The van der Waals surface area contributed by atoms with E-state index >= 15 is 0 Å². The summed E-state index contributed by atoms with van der Waals surface area (Å²) >= 11 is 0. The zero-order valence-corrected chi connectivity index (χ0v) is 11.1. The van der Waals surface area contributed by atoms with Gasteiger partial charge in [0.25, 0.3) is 0 Å². The van der Waals surface area contributed by atoms with Gasteiger partial charge in [-0.25, -0.2) is 0 Å². The summed E-state index contributed by atoms with van der Waals surface area (Å²) in [4.78, 5) is 2.45. The fourth-order valence-electron chi connectivity index (χ4n) is 2.96. The minimum Gasteiger partial charge on any atom is -0.390 e. The molecule has 0 spiro atoms. The van der Waals surface area contributed by atoms with Crippen LogP contribution in [-0.4, -0.2) is 41.8 Å². The number of hydrogen-bond acceptors (Lipinski definition) is 3. The van der Waals surface area contributed by atoms with Crippen LogP contribution in [0.1, 0.15) is 46.5 Å². The predicted molar refractivity (Wildman–Crippen MR) is 68.3 cm³/mol. The van der Waals surface area contributed by atoms with Gasteiger partial charge in [-0.05, 0) is 31.2 Å². The summed E-state index contributed by atoms with van der Waals surface area (Å²) in [5, 5.41) is 9.70. The molecule has 96 valence electrons. The average molecular weight is 228 g/mol. The number of nitrogens with two attached hydrogens (primary N) is 1. The molecule has 1 aliphatic heterocycles. The van der Waals surface area contributed by atoms with Gasteiger partial charge in [0.05, 0.1) is 6.10 Å². The second kappa shape index (κ2) is 5.99. The van der Waals surface area contributed by atoms with Crippen molar-refractivity contribution in [1.29, 1.82) is 0 Å². The van der Waals surface area contributed by atoms with E-state index in [0.717, 1.165) is 13.1 Å². The van der Waals surface area contributed by atoms with Crippen molar-refractivity contribution < 1.29 is 5.11 Å². The lowest BCUT2D eigenvalue weighted by Crippen LogP contribution is -2.52. The number of nitrogens with zero attached hydrogens (tertiary/aromatic N) is 1. The lowest BCUT2D eigenvalue weighted by molar-refractivity contribution is 0.00206. The molecule has 0 saturated carbocycles. The lowest BCUT2D eigenvalue weighted by atomic mass is 9.74. The van der Waals surface area contributed by atoms with Crippen LogP contribution < -0.4 is 5.73 Å². The highest BCUT2D eigenvalue weighted by Crippen LogP contribution is 2.37. The molecular weight excluding hydrogens is 200 g/mol. The molecule has 16 heavy (non-hydrogen) atoms. The number of aliphatic hydroxyl groups is 1. The van der Waals surface area contributed by atoms with Crippen LogP contribution in [0.5, 0.6) is 0 Å². The Bertz CT molecular complexity index is 206. The Morgan fingerprint density at radius 1 is 1.50 bits per heavy atom. The molecule has 1 saturated heterocycles. The highest BCUT2D eigenvalue weighted by atomic mass is 16.3. The Morgan fingerprint density at radius 3 is 2.75 bits per heavy atom. The molecular formula is C13H28N2O. The third-order valence-electron chi connectivity index (χ3n) is 3.89. The number of aliphatic hydroxyl groups excluding tert-OH is 1. The summed E-state index contributed by atoms with van der Waals surface area (Å²) in [6.45, 7) is 9.18. The first-order chi connectivity index (χ1) is 7.51. The summed E-state index contributed by atoms with van der Waals surface area (Å²) in [6.07, 6.45) is 4.61. The normalized spacial score (nSPS) is 27.9. The molecule has 0 aliphatic carbocycles. The van der Waals surface area contributed by atoms with Crippen LogP contribution in [0.15, 0.2) is 0 Å². The zero-order valence-electron chi connectivity index (χ0n) is 11.1. The number of β-amino-alcohol motifs (C(OH)–C–C–N with tert-alkyl or cyclic N) is 1. The molecule has 0 bridgehead atoms. The third-order valence-corrected chi connectivity index (χ3v) is 3.89. The Labute approximate surface area is 100 Å². The van der Waals surface area contributed by atoms with E-state index in [4.69, 9.17) is 5.73 Å². The summed E-state index contributed by atoms with van der Waals surface area (Å²) in [5.74, 6) is 0. The van der Waals surface area contributed by atoms with E-state index in [9.17, 15) is 5.11 Å². The second-order valence-corrected chi connectivity index (χ2v) is 5.78. The van der Waals surface area contributed by atoms with Crippen molar-refractivity contribution in [1.82, 2.24) is 4.90 Å². The van der Waals surface area contributed by atoms with E-state index in [1.54, 1.807) is 0 Å². The van der Waals surface area contributed by atoms with Gasteiger partial charge in [-0.2, -0.15) is 0 Å². The fraction of sp³-hybridized carbons (Fsp3) is 1.00. The maximum Gasteiger partial charge on any atom is 0.0789 e. The first-order valence-corrected chi connectivity index (χ1v) is 6.63. The highest BCUT2D eigenvalue weighted by molar-refractivity contribution is 4.91. The van der Waals surface area contributed by atoms with Crippen LogP contribution >= 0.6 is 0 Å². The maximum atomic E-state index is 9.70. The monoisotopic (exact) mass is 228 g/mol.